The second-order valence-electron chi connectivity index (χ2n) is 9.23. The predicted molar refractivity (Wildman–Crippen MR) is 143 cm³/mol. The second kappa shape index (κ2) is 9.66. The van der Waals surface area contributed by atoms with Crippen LogP contribution in [-0.4, -0.2) is 20.2 Å². The monoisotopic (exact) mass is 498 g/mol. The van der Waals surface area contributed by atoms with Crippen molar-refractivity contribution < 1.29 is 8.91 Å². The molecule has 36 heavy (non-hydrogen) atoms. The fourth-order valence-electron chi connectivity index (χ4n) is 4.37. The fourth-order valence-corrected chi connectivity index (χ4v) is 4.69. The minimum Gasteiger partial charge on any atom is -0.351 e. The van der Waals surface area contributed by atoms with Gasteiger partial charge in [-0.1, -0.05) is 65.3 Å². The number of aryl methyl sites for hydroxylation is 3. The summed E-state index contributed by atoms with van der Waals surface area (Å²) in [6.07, 6.45) is 0. The van der Waals surface area contributed by atoms with Crippen molar-refractivity contribution in [3.8, 4) is 11.4 Å². The highest BCUT2D eigenvalue weighted by Gasteiger charge is 2.34. The van der Waals surface area contributed by atoms with Crippen molar-refractivity contribution in [1.82, 2.24) is 20.4 Å². The summed E-state index contributed by atoms with van der Waals surface area (Å²) in [5.74, 6) is 0.697. The maximum Gasteiger partial charge on any atom is 0.258 e. The maximum absolute atomic E-state index is 13.5. The quantitative estimate of drug-likeness (QED) is 0.311. The molecule has 0 bridgehead atoms. The Labute approximate surface area is 215 Å². The lowest BCUT2D eigenvalue weighted by Crippen LogP contribution is -2.45. The summed E-state index contributed by atoms with van der Waals surface area (Å²) in [6, 6.07) is 20.6. The average Bonchev–Trinajstić information content (AvgIpc) is 3.34. The lowest BCUT2D eigenvalue weighted by atomic mass is 9.92. The molecule has 5 nitrogen and oxygen atoms in total. The molecular weight excluding hydrogens is 471 g/mol. The summed E-state index contributed by atoms with van der Waals surface area (Å²) < 4.78 is 19.3. The van der Waals surface area contributed by atoms with E-state index in [9.17, 15) is 4.39 Å². The Morgan fingerprint density at radius 3 is 2.36 bits per heavy atom. The Balaban J connectivity index is 1.60. The molecule has 0 aliphatic carbocycles. The average molecular weight is 499 g/mol. The molecule has 182 valence electrons. The fraction of sp³-hybridized carbons (Fsp3) is 0.207. The van der Waals surface area contributed by atoms with Crippen LogP contribution in [0.15, 0.2) is 77.0 Å². The molecule has 1 aliphatic heterocycles. The summed E-state index contributed by atoms with van der Waals surface area (Å²) in [5, 5.41) is 8.36. The van der Waals surface area contributed by atoms with Gasteiger partial charge in [-0.05, 0) is 74.3 Å². The van der Waals surface area contributed by atoms with Gasteiger partial charge in [0, 0.05) is 17.8 Å². The largest absolute Gasteiger partial charge is 0.351 e. The molecule has 2 heterocycles. The number of hydrogen-bond donors (Lipinski definition) is 1. The molecule has 0 fully saturated rings. The van der Waals surface area contributed by atoms with E-state index < -0.39 is 0 Å². The van der Waals surface area contributed by atoms with Gasteiger partial charge in [0.2, 0.25) is 5.82 Å². The Kier molecular flexibility index (Phi) is 6.41. The van der Waals surface area contributed by atoms with Crippen LogP contribution in [0.5, 0.6) is 0 Å². The third kappa shape index (κ3) is 4.66. The molecule has 1 atom stereocenters. The molecule has 1 aliphatic rings. The Bertz CT molecular complexity index is 1460. The SMILES string of the molecule is CC1=C(c2nc(-c3ccc(C)cc3)no2)C(c2ccc(C)c(C)c2)NC(=S)N1Cc1ccc(F)cc1. The van der Waals surface area contributed by atoms with Gasteiger partial charge in [0.1, 0.15) is 5.82 Å². The van der Waals surface area contributed by atoms with Crippen molar-refractivity contribution in [2.45, 2.75) is 40.3 Å². The molecule has 0 saturated carbocycles. The first-order chi connectivity index (χ1) is 17.3. The number of benzene rings is 3. The minimum atomic E-state index is -0.268. The molecule has 7 heteroatoms. The van der Waals surface area contributed by atoms with Crippen LogP contribution >= 0.6 is 12.2 Å². The van der Waals surface area contributed by atoms with Crippen LogP contribution in [0.25, 0.3) is 17.0 Å². The standard InChI is InChI=1S/C29H27FN4OS/c1-17-5-10-22(11-6-17)27-32-28(35-33-27)25-20(4)34(16-21-8-13-24(30)14-9-21)29(36)31-26(25)23-12-7-18(2)19(3)15-23/h5-15,26H,16H2,1-4H3,(H,31,36). The molecule has 4 aromatic rings. The molecule has 1 unspecified atom stereocenters. The topological polar surface area (TPSA) is 54.2 Å². The summed E-state index contributed by atoms with van der Waals surface area (Å²) in [6.45, 7) is 8.73. The molecule has 0 spiro atoms. The molecule has 0 radical (unpaired) electrons. The van der Waals surface area contributed by atoms with Gasteiger partial charge in [0.15, 0.2) is 5.11 Å². The van der Waals surface area contributed by atoms with Crippen LogP contribution in [0.1, 0.15) is 46.7 Å². The third-order valence-electron chi connectivity index (χ3n) is 6.68. The molecule has 5 rings (SSSR count). The Hall–Kier alpha value is -3.84. The van der Waals surface area contributed by atoms with Gasteiger partial charge in [-0.15, -0.1) is 0 Å². The second-order valence-corrected chi connectivity index (χ2v) is 9.61. The van der Waals surface area contributed by atoms with E-state index in [0.29, 0.717) is 23.4 Å². The van der Waals surface area contributed by atoms with Crippen LogP contribution in [0.4, 0.5) is 4.39 Å². The van der Waals surface area contributed by atoms with Crippen molar-refractivity contribution in [3.05, 3.63) is 112 Å². The molecule has 1 N–H and O–H groups in total. The van der Waals surface area contributed by atoms with Crippen LogP contribution in [0.3, 0.4) is 0 Å². The smallest absolute Gasteiger partial charge is 0.258 e. The zero-order chi connectivity index (χ0) is 25.4. The van der Waals surface area contributed by atoms with E-state index in [1.807, 2.05) is 43.0 Å². The van der Waals surface area contributed by atoms with Crippen molar-refractivity contribution in [1.29, 1.82) is 0 Å². The maximum atomic E-state index is 13.5. The van der Waals surface area contributed by atoms with Crippen LogP contribution in [0, 0.1) is 26.6 Å². The number of nitrogens with zero attached hydrogens (tertiary/aromatic N) is 3. The number of allylic oxidation sites excluding steroid dienone is 1. The number of halogens is 1. The Morgan fingerprint density at radius 2 is 1.67 bits per heavy atom. The highest BCUT2D eigenvalue weighted by atomic mass is 32.1. The van der Waals surface area contributed by atoms with Crippen molar-refractivity contribution >= 4 is 22.9 Å². The zero-order valence-corrected chi connectivity index (χ0v) is 21.5. The number of hydrogen-bond acceptors (Lipinski definition) is 4. The first-order valence-electron chi connectivity index (χ1n) is 11.8. The van der Waals surface area contributed by atoms with Gasteiger partial charge >= 0.3 is 0 Å². The lowest BCUT2D eigenvalue weighted by molar-refractivity contribution is 0.396. The van der Waals surface area contributed by atoms with E-state index in [1.54, 1.807) is 12.1 Å². The molecule has 1 aromatic heterocycles. The molecule has 0 saturated heterocycles. The first-order valence-corrected chi connectivity index (χ1v) is 12.2. The van der Waals surface area contributed by atoms with Gasteiger partial charge < -0.3 is 14.7 Å². The van der Waals surface area contributed by atoms with E-state index >= 15 is 0 Å². The lowest BCUT2D eigenvalue weighted by Gasteiger charge is -2.37. The van der Waals surface area contributed by atoms with Crippen molar-refractivity contribution in [2.24, 2.45) is 0 Å². The zero-order valence-electron chi connectivity index (χ0n) is 20.7. The highest BCUT2D eigenvalue weighted by molar-refractivity contribution is 7.80. The highest BCUT2D eigenvalue weighted by Crippen LogP contribution is 2.38. The molecule has 0 amide bonds. The third-order valence-corrected chi connectivity index (χ3v) is 7.02. The van der Waals surface area contributed by atoms with Gasteiger partial charge in [-0.3, -0.25) is 0 Å². The van der Waals surface area contributed by atoms with E-state index in [-0.39, 0.29) is 11.9 Å². The summed E-state index contributed by atoms with van der Waals surface area (Å²) in [4.78, 5) is 6.77. The summed E-state index contributed by atoms with van der Waals surface area (Å²) >= 11 is 5.80. The van der Waals surface area contributed by atoms with E-state index in [0.717, 1.165) is 33.5 Å². The summed E-state index contributed by atoms with van der Waals surface area (Å²) in [5.41, 5.74) is 8.23. The Morgan fingerprint density at radius 1 is 0.944 bits per heavy atom. The van der Waals surface area contributed by atoms with Crippen molar-refractivity contribution in [2.75, 3.05) is 0 Å². The minimum absolute atomic E-state index is 0.257. The first kappa shape index (κ1) is 23.9. The number of rotatable bonds is 5. The number of thiocarbonyl (C=S) groups is 1. The normalized spacial score (nSPS) is 15.9. The van der Waals surface area contributed by atoms with E-state index in [1.165, 1.54) is 23.3 Å². The van der Waals surface area contributed by atoms with Gasteiger partial charge in [0.25, 0.3) is 5.89 Å². The van der Waals surface area contributed by atoms with Crippen LogP contribution in [0.2, 0.25) is 0 Å². The van der Waals surface area contributed by atoms with Crippen molar-refractivity contribution in [3.63, 3.8) is 0 Å². The van der Waals surface area contributed by atoms with Crippen LogP contribution < -0.4 is 5.32 Å². The van der Waals surface area contributed by atoms with Gasteiger partial charge in [0.05, 0.1) is 11.6 Å². The number of nitrogens with one attached hydrogen (secondary N) is 1. The summed E-state index contributed by atoms with van der Waals surface area (Å²) in [7, 11) is 0. The molecule has 3 aromatic carbocycles. The van der Waals surface area contributed by atoms with E-state index in [4.69, 9.17) is 21.7 Å². The van der Waals surface area contributed by atoms with Gasteiger partial charge in [-0.2, -0.15) is 4.98 Å². The molecular formula is C29H27FN4OS. The van der Waals surface area contributed by atoms with E-state index in [2.05, 4.69) is 42.5 Å². The van der Waals surface area contributed by atoms with Gasteiger partial charge in [-0.25, -0.2) is 4.39 Å². The number of aromatic nitrogens is 2. The predicted octanol–water partition coefficient (Wildman–Crippen LogP) is 6.66. The van der Waals surface area contributed by atoms with Crippen LogP contribution in [-0.2, 0) is 6.54 Å².